The van der Waals surface area contributed by atoms with Gasteiger partial charge in [0.15, 0.2) is 0 Å². The van der Waals surface area contributed by atoms with E-state index in [0.29, 0.717) is 6.10 Å². The molecule has 2 aliphatic rings. The third kappa shape index (κ3) is 2.65. The largest absolute Gasteiger partial charge is 0.381 e. The van der Waals surface area contributed by atoms with E-state index in [2.05, 4.69) is 13.0 Å². The maximum atomic E-state index is 9.49. The molecule has 0 aromatic rings. The Kier molecular flexibility index (Phi) is 4.09. The smallest absolute Gasteiger partial charge is 0.0689 e. The number of nitriles is 1. The van der Waals surface area contributed by atoms with Crippen LogP contribution >= 0.6 is 0 Å². The van der Waals surface area contributed by atoms with Crippen LogP contribution in [0.5, 0.6) is 0 Å². The van der Waals surface area contributed by atoms with Crippen LogP contribution in [0.3, 0.4) is 0 Å². The molecule has 2 nitrogen and oxygen atoms in total. The van der Waals surface area contributed by atoms with Crippen LogP contribution in [0.2, 0.25) is 0 Å². The first-order valence-corrected chi connectivity index (χ1v) is 7.17. The summed E-state index contributed by atoms with van der Waals surface area (Å²) in [4.78, 5) is 0. The van der Waals surface area contributed by atoms with E-state index in [0.717, 1.165) is 37.5 Å². The summed E-state index contributed by atoms with van der Waals surface area (Å²) in [5.41, 5.74) is 0.00975. The Balaban J connectivity index is 1.99. The van der Waals surface area contributed by atoms with E-state index in [1.165, 1.54) is 25.7 Å². The topological polar surface area (TPSA) is 33.0 Å². The van der Waals surface area contributed by atoms with Gasteiger partial charge < -0.3 is 4.74 Å². The van der Waals surface area contributed by atoms with Gasteiger partial charge in [-0.3, -0.25) is 0 Å². The molecular formula is C15H25NO. The highest BCUT2D eigenvalue weighted by Gasteiger charge is 2.42. The van der Waals surface area contributed by atoms with Gasteiger partial charge in [-0.05, 0) is 56.8 Å². The fraction of sp³-hybridized carbons (Fsp3) is 0.933. The van der Waals surface area contributed by atoms with Gasteiger partial charge in [0.25, 0.3) is 0 Å². The highest BCUT2D eigenvalue weighted by atomic mass is 16.5. The molecule has 2 fully saturated rings. The highest BCUT2D eigenvalue weighted by Crippen LogP contribution is 2.50. The summed E-state index contributed by atoms with van der Waals surface area (Å²) in [6.07, 6.45) is 9.95. The molecule has 17 heavy (non-hydrogen) atoms. The Morgan fingerprint density at radius 1 is 1.29 bits per heavy atom. The van der Waals surface area contributed by atoms with Crippen LogP contribution in [0.25, 0.3) is 0 Å². The van der Waals surface area contributed by atoms with Gasteiger partial charge in [-0.1, -0.05) is 13.3 Å². The molecule has 0 aromatic heterocycles. The molecule has 4 atom stereocenters. The van der Waals surface area contributed by atoms with Crippen molar-refractivity contribution in [1.29, 1.82) is 5.26 Å². The third-order valence-corrected chi connectivity index (χ3v) is 5.04. The first kappa shape index (κ1) is 12.9. The van der Waals surface area contributed by atoms with Gasteiger partial charge in [-0.25, -0.2) is 0 Å². The summed E-state index contributed by atoms with van der Waals surface area (Å²) in [5.74, 6) is 1.62. The van der Waals surface area contributed by atoms with Crippen molar-refractivity contribution in [3.05, 3.63) is 0 Å². The van der Waals surface area contributed by atoms with Gasteiger partial charge in [0.1, 0.15) is 0 Å². The summed E-state index contributed by atoms with van der Waals surface area (Å²) >= 11 is 0. The van der Waals surface area contributed by atoms with E-state index in [9.17, 15) is 5.26 Å². The van der Waals surface area contributed by atoms with Crippen molar-refractivity contribution in [2.24, 2.45) is 17.3 Å². The summed E-state index contributed by atoms with van der Waals surface area (Å²) in [6, 6.07) is 2.65. The molecule has 0 saturated heterocycles. The Hall–Kier alpha value is -0.550. The molecule has 0 N–H and O–H groups in total. The van der Waals surface area contributed by atoms with E-state index in [-0.39, 0.29) is 5.41 Å². The van der Waals surface area contributed by atoms with Crippen LogP contribution in [0.15, 0.2) is 0 Å². The van der Waals surface area contributed by atoms with Crippen molar-refractivity contribution >= 4 is 0 Å². The van der Waals surface area contributed by atoms with Gasteiger partial charge in [0, 0.05) is 7.11 Å². The van der Waals surface area contributed by atoms with Crippen molar-refractivity contribution in [3.63, 3.8) is 0 Å². The van der Waals surface area contributed by atoms with Gasteiger partial charge in [0.2, 0.25) is 0 Å². The van der Waals surface area contributed by atoms with Crippen molar-refractivity contribution in [2.75, 3.05) is 7.11 Å². The molecule has 96 valence electrons. The maximum absolute atomic E-state index is 9.49. The number of rotatable bonds is 3. The summed E-state index contributed by atoms with van der Waals surface area (Å²) < 4.78 is 5.50. The van der Waals surface area contributed by atoms with Crippen LogP contribution in [-0.2, 0) is 4.74 Å². The lowest BCUT2D eigenvalue weighted by molar-refractivity contribution is -0.00468. The average Bonchev–Trinajstić information content (AvgIpc) is 2.38. The molecule has 0 radical (unpaired) electrons. The number of hydrogen-bond acceptors (Lipinski definition) is 2. The van der Waals surface area contributed by atoms with Crippen molar-refractivity contribution < 1.29 is 4.74 Å². The zero-order chi connectivity index (χ0) is 12.3. The Morgan fingerprint density at radius 2 is 2.12 bits per heavy atom. The molecule has 0 aliphatic heterocycles. The minimum atomic E-state index is 0.00975. The fourth-order valence-corrected chi connectivity index (χ4v) is 4.05. The van der Waals surface area contributed by atoms with Crippen LogP contribution in [0, 0.1) is 28.6 Å². The Labute approximate surface area is 105 Å². The molecule has 2 rings (SSSR count). The monoisotopic (exact) mass is 235 g/mol. The SMILES string of the molecule is CCCC1(C#N)CCC2CC(OC)CCC2C1. The molecular weight excluding hydrogens is 210 g/mol. The van der Waals surface area contributed by atoms with E-state index in [1.807, 2.05) is 7.11 Å². The Morgan fingerprint density at radius 3 is 2.76 bits per heavy atom. The number of nitrogens with zero attached hydrogens (tertiary/aromatic N) is 1. The normalized spacial score (nSPS) is 41.6. The third-order valence-electron chi connectivity index (χ3n) is 5.04. The molecule has 4 unspecified atom stereocenters. The predicted molar refractivity (Wildman–Crippen MR) is 68.4 cm³/mol. The van der Waals surface area contributed by atoms with Crippen LogP contribution in [0.1, 0.15) is 58.3 Å². The van der Waals surface area contributed by atoms with Crippen LogP contribution in [-0.4, -0.2) is 13.2 Å². The van der Waals surface area contributed by atoms with Gasteiger partial charge >= 0.3 is 0 Å². The minimum Gasteiger partial charge on any atom is -0.381 e. The first-order chi connectivity index (χ1) is 8.23. The molecule has 2 heteroatoms. The summed E-state index contributed by atoms with van der Waals surface area (Å²) in [5, 5.41) is 9.49. The molecule has 0 aromatic carbocycles. The maximum Gasteiger partial charge on any atom is 0.0689 e. The highest BCUT2D eigenvalue weighted by molar-refractivity contribution is 5.04. The van der Waals surface area contributed by atoms with Crippen LogP contribution < -0.4 is 0 Å². The van der Waals surface area contributed by atoms with Gasteiger partial charge in [-0.2, -0.15) is 5.26 Å². The second-order valence-corrected chi connectivity index (χ2v) is 6.08. The zero-order valence-electron chi connectivity index (χ0n) is 11.2. The predicted octanol–water partition coefficient (Wildman–Crippen LogP) is 3.91. The second kappa shape index (κ2) is 5.40. The summed E-state index contributed by atoms with van der Waals surface area (Å²) in [7, 11) is 1.84. The van der Waals surface area contributed by atoms with E-state index in [1.54, 1.807) is 0 Å². The quantitative estimate of drug-likeness (QED) is 0.743. The number of methoxy groups -OCH3 is 1. The second-order valence-electron chi connectivity index (χ2n) is 6.08. The zero-order valence-corrected chi connectivity index (χ0v) is 11.2. The van der Waals surface area contributed by atoms with Crippen LogP contribution in [0.4, 0.5) is 0 Å². The van der Waals surface area contributed by atoms with E-state index < -0.39 is 0 Å². The van der Waals surface area contributed by atoms with Gasteiger partial charge in [0.05, 0.1) is 17.6 Å². The molecule has 2 aliphatic carbocycles. The van der Waals surface area contributed by atoms with Crippen molar-refractivity contribution in [2.45, 2.75) is 64.4 Å². The number of ether oxygens (including phenoxy) is 1. The molecule has 0 heterocycles. The first-order valence-electron chi connectivity index (χ1n) is 7.17. The number of hydrogen-bond donors (Lipinski definition) is 0. The van der Waals surface area contributed by atoms with Crippen molar-refractivity contribution in [1.82, 2.24) is 0 Å². The molecule has 2 saturated carbocycles. The molecule has 0 spiro atoms. The fourth-order valence-electron chi connectivity index (χ4n) is 4.05. The van der Waals surface area contributed by atoms with E-state index in [4.69, 9.17) is 4.74 Å². The standard InChI is InChI=1S/C15H25NO/c1-3-7-15(11-16)8-6-12-9-14(17-2)5-4-13(12)10-15/h12-14H,3-10H2,1-2H3. The lowest BCUT2D eigenvalue weighted by Gasteiger charge is -2.45. The van der Waals surface area contributed by atoms with Crippen molar-refractivity contribution in [3.8, 4) is 6.07 Å². The molecule has 0 bridgehead atoms. The van der Waals surface area contributed by atoms with Gasteiger partial charge in [-0.15, -0.1) is 0 Å². The van der Waals surface area contributed by atoms with E-state index >= 15 is 0 Å². The lowest BCUT2D eigenvalue weighted by atomic mass is 9.60. The minimum absolute atomic E-state index is 0.00975. The summed E-state index contributed by atoms with van der Waals surface area (Å²) in [6.45, 7) is 2.20. The number of fused-ring (bicyclic) bond motifs is 1. The molecule has 0 amide bonds. The average molecular weight is 235 g/mol. The lowest BCUT2D eigenvalue weighted by Crippen LogP contribution is -2.38. The Bertz CT molecular complexity index is 296.